The van der Waals surface area contributed by atoms with Crippen LogP contribution in [-0.2, 0) is 4.79 Å². The van der Waals surface area contributed by atoms with Gasteiger partial charge in [0.05, 0.1) is 33.3 Å². The molecule has 0 bridgehead atoms. The topological polar surface area (TPSA) is 77.1 Å². The zero-order valence-electron chi connectivity index (χ0n) is 20.7. The number of likely N-dealkylation sites (tertiary alicyclic amines) is 1. The van der Waals surface area contributed by atoms with Crippen LogP contribution in [0.4, 0.5) is 0 Å². The van der Waals surface area contributed by atoms with Crippen molar-refractivity contribution in [1.29, 1.82) is 0 Å². The zero-order valence-corrected chi connectivity index (χ0v) is 20.7. The lowest BCUT2D eigenvalue weighted by Crippen LogP contribution is -2.46. The number of nitrogens with one attached hydrogen (secondary N) is 1. The van der Waals surface area contributed by atoms with Crippen LogP contribution in [0, 0.1) is 5.92 Å². The first-order valence-corrected chi connectivity index (χ1v) is 11.8. The fourth-order valence-electron chi connectivity index (χ4n) is 4.77. The number of rotatable bonds is 7. The average molecular weight is 477 g/mol. The summed E-state index contributed by atoms with van der Waals surface area (Å²) in [7, 11) is 4.83. The minimum atomic E-state index is -0.281. The van der Waals surface area contributed by atoms with Crippen LogP contribution >= 0.6 is 0 Å². The van der Waals surface area contributed by atoms with Crippen molar-refractivity contribution in [3.05, 3.63) is 65.7 Å². The van der Waals surface area contributed by atoms with E-state index in [0.717, 1.165) is 34.9 Å². The smallest absolute Gasteiger partial charge is 0.254 e. The van der Waals surface area contributed by atoms with Crippen LogP contribution in [0.25, 0.3) is 10.8 Å². The van der Waals surface area contributed by atoms with Crippen molar-refractivity contribution in [2.24, 2.45) is 5.92 Å². The number of amides is 2. The molecule has 1 heterocycles. The maximum atomic E-state index is 13.5. The largest absolute Gasteiger partial charge is 0.497 e. The van der Waals surface area contributed by atoms with Gasteiger partial charge >= 0.3 is 0 Å². The van der Waals surface area contributed by atoms with E-state index in [9.17, 15) is 9.59 Å². The Morgan fingerprint density at radius 3 is 2.37 bits per heavy atom. The number of hydrogen-bond donors (Lipinski definition) is 1. The zero-order chi connectivity index (χ0) is 24.9. The Bertz CT molecular complexity index is 1230. The molecule has 2 amide bonds. The number of benzene rings is 3. The standard InChI is InChI=1S/C28H32N2O5/c1-18(24-16-20(33-2)11-13-26(24)35-4)29-27(31)19-8-7-15-30(17-19)28(32)23-12-14-25(34-3)22-10-6-5-9-21(22)23/h5-6,9-14,16,18-19H,7-8,15,17H2,1-4H3,(H,29,31)/t18-,19-/m0/s1. The molecular formula is C28H32N2O5. The molecule has 0 spiro atoms. The van der Waals surface area contributed by atoms with Crippen LogP contribution in [0.5, 0.6) is 17.2 Å². The lowest BCUT2D eigenvalue weighted by molar-refractivity contribution is -0.127. The van der Waals surface area contributed by atoms with Crippen LogP contribution in [0.1, 0.15) is 41.7 Å². The Morgan fingerprint density at radius 1 is 0.943 bits per heavy atom. The molecule has 4 rings (SSSR count). The monoisotopic (exact) mass is 476 g/mol. The minimum absolute atomic E-state index is 0.0659. The van der Waals surface area contributed by atoms with E-state index in [1.54, 1.807) is 26.2 Å². The van der Waals surface area contributed by atoms with Crippen LogP contribution in [-0.4, -0.2) is 51.1 Å². The van der Waals surface area contributed by atoms with E-state index < -0.39 is 0 Å². The molecule has 7 heteroatoms. The molecule has 0 unspecified atom stereocenters. The van der Waals surface area contributed by atoms with E-state index in [1.165, 1.54) is 0 Å². The summed E-state index contributed by atoms with van der Waals surface area (Å²) >= 11 is 0. The number of fused-ring (bicyclic) bond motifs is 1. The SMILES string of the molecule is COc1ccc(OC)c([C@H](C)NC(=O)[C@H]2CCCN(C(=O)c3ccc(OC)c4ccccc34)C2)c1. The number of methoxy groups -OCH3 is 3. The molecule has 3 aromatic rings. The van der Waals surface area contributed by atoms with Gasteiger partial charge in [-0.15, -0.1) is 0 Å². The predicted molar refractivity (Wildman–Crippen MR) is 135 cm³/mol. The summed E-state index contributed by atoms with van der Waals surface area (Å²) in [5.74, 6) is 1.70. The molecule has 0 saturated carbocycles. The first kappa shape index (κ1) is 24.4. The third kappa shape index (κ3) is 5.04. The fraction of sp³-hybridized carbons (Fsp3) is 0.357. The van der Waals surface area contributed by atoms with E-state index in [4.69, 9.17) is 14.2 Å². The summed E-state index contributed by atoms with van der Waals surface area (Å²) < 4.78 is 16.3. The Balaban J connectivity index is 1.49. The molecular weight excluding hydrogens is 444 g/mol. The highest BCUT2D eigenvalue weighted by Gasteiger charge is 2.30. The summed E-state index contributed by atoms with van der Waals surface area (Å²) in [5.41, 5.74) is 1.46. The molecule has 1 saturated heterocycles. The van der Waals surface area contributed by atoms with Gasteiger partial charge in [0.2, 0.25) is 5.91 Å². The number of carbonyl (C=O) groups excluding carboxylic acids is 2. The Kier molecular flexibility index (Phi) is 7.44. The van der Waals surface area contributed by atoms with Crippen molar-refractivity contribution >= 4 is 22.6 Å². The van der Waals surface area contributed by atoms with Crippen LogP contribution in [0.2, 0.25) is 0 Å². The van der Waals surface area contributed by atoms with Gasteiger partial charge in [0.1, 0.15) is 17.2 Å². The van der Waals surface area contributed by atoms with Crippen molar-refractivity contribution in [3.63, 3.8) is 0 Å². The van der Waals surface area contributed by atoms with E-state index in [-0.39, 0.29) is 23.8 Å². The molecule has 1 fully saturated rings. The molecule has 0 radical (unpaired) electrons. The van der Waals surface area contributed by atoms with Gasteiger partial charge in [-0.2, -0.15) is 0 Å². The summed E-state index contributed by atoms with van der Waals surface area (Å²) in [6, 6.07) is 16.6. The quantitative estimate of drug-likeness (QED) is 0.540. The molecule has 0 aromatic heterocycles. The van der Waals surface area contributed by atoms with Gasteiger partial charge in [-0.25, -0.2) is 0 Å². The summed E-state index contributed by atoms with van der Waals surface area (Å²) in [4.78, 5) is 28.5. The number of hydrogen-bond acceptors (Lipinski definition) is 5. The second-order valence-electron chi connectivity index (χ2n) is 8.79. The number of carbonyl (C=O) groups is 2. The predicted octanol–water partition coefficient (Wildman–Crippen LogP) is 4.60. The number of piperidine rings is 1. The van der Waals surface area contributed by atoms with E-state index in [1.807, 2.05) is 61.5 Å². The minimum Gasteiger partial charge on any atom is -0.497 e. The van der Waals surface area contributed by atoms with Gasteiger partial charge in [-0.3, -0.25) is 9.59 Å². The lowest BCUT2D eigenvalue weighted by atomic mass is 9.94. The average Bonchev–Trinajstić information content (AvgIpc) is 2.91. The van der Waals surface area contributed by atoms with Gasteiger partial charge in [0.25, 0.3) is 5.91 Å². The second kappa shape index (κ2) is 10.7. The second-order valence-corrected chi connectivity index (χ2v) is 8.79. The van der Waals surface area contributed by atoms with Gasteiger partial charge in [0, 0.05) is 29.6 Å². The maximum absolute atomic E-state index is 13.5. The van der Waals surface area contributed by atoms with Crippen molar-refractivity contribution in [3.8, 4) is 17.2 Å². The van der Waals surface area contributed by atoms with Crippen molar-refractivity contribution in [2.75, 3.05) is 34.4 Å². The van der Waals surface area contributed by atoms with Crippen LogP contribution < -0.4 is 19.5 Å². The molecule has 1 aliphatic rings. The fourth-order valence-corrected chi connectivity index (χ4v) is 4.77. The molecule has 3 aromatic carbocycles. The molecule has 1 aliphatic heterocycles. The highest BCUT2D eigenvalue weighted by Crippen LogP contribution is 2.31. The van der Waals surface area contributed by atoms with Crippen LogP contribution in [0.3, 0.4) is 0 Å². The summed E-state index contributed by atoms with van der Waals surface area (Å²) in [6.45, 7) is 2.93. The Morgan fingerprint density at radius 2 is 1.66 bits per heavy atom. The highest BCUT2D eigenvalue weighted by molar-refractivity contribution is 6.08. The maximum Gasteiger partial charge on any atom is 0.254 e. The molecule has 184 valence electrons. The molecule has 2 atom stereocenters. The normalized spacial score (nSPS) is 16.5. The van der Waals surface area contributed by atoms with E-state index in [0.29, 0.717) is 30.2 Å². The number of nitrogens with zero attached hydrogens (tertiary/aromatic N) is 1. The third-order valence-corrected chi connectivity index (χ3v) is 6.68. The number of ether oxygens (including phenoxy) is 3. The van der Waals surface area contributed by atoms with Gasteiger partial charge in [0.15, 0.2) is 0 Å². The summed E-state index contributed by atoms with van der Waals surface area (Å²) in [6.07, 6.45) is 1.51. The van der Waals surface area contributed by atoms with Crippen molar-refractivity contribution in [2.45, 2.75) is 25.8 Å². The highest BCUT2D eigenvalue weighted by atomic mass is 16.5. The van der Waals surface area contributed by atoms with Gasteiger partial charge in [-0.05, 0) is 55.5 Å². The first-order chi connectivity index (χ1) is 17.0. The van der Waals surface area contributed by atoms with E-state index >= 15 is 0 Å². The van der Waals surface area contributed by atoms with Crippen molar-refractivity contribution < 1.29 is 23.8 Å². The van der Waals surface area contributed by atoms with Crippen LogP contribution in [0.15, 0.2) is 54.6 Å². The Hall–Kier alpha value is -3.74. The molecule has 7 nitrogen and oxygen atoms in total. The van der Waals surface area contributed by atoms with Crippen molar-refractivity contribution in [1.82, 2.24) is 10.2 Å². The molecule has 1 N–H and O–H groups in total. The molecule has 0 aliphatic carbocycles. The van der Waals surface area contributed by atoms with E-state index in [2.05, 4.69) is 5.32 Å². The van der Waals surface area contributed by atoms with Gasteiger partial charge in [-0.1, -0.05) is 24.3 Å². The third-order valence-electron chi connectivity index (χ3n) is 6.68. The molecule has 35 heavy (non-hydrogen) atoms. The van der Waals surface area contributed by atoms with Gasteiger partial charge < -0.3 is 24.4 Å². The first-order valence-electron chi connectivity index (χ1n) is 11.8. The lowest BCUT2D eigenvalue weighted by Gasteiger charge is -2.33. The summed E-state index contributed by atoms with van der Waals surface area (Å²) in [5, 5.41) is 4.85. The Labute approximate surface area is 206 Å².